The minimum absolute atomic E-state index is 0.158. The molecule has 15 heavy (non-hydrogen) atoms. The van der Waals surface area contributed by atoms with Gasteiger partial charge in [-0.05, 0) is 20.5 Å². The Hall–Kier alpha value is -0.160. The van der Waals surface area contributed by atoms with Crippen LogP contribution in [-0.4, -0.2) is 73.4 Å². The minimum atomic E-state index is -0.158. The Bertz CT molecular complexity index is 175. The van der Waals surface area contributed by atoms with Crippen molar-refractivity contribution in [3.8, 4) is 0 Å². The van der Waals surface area contributed by atoms with Crippen LogP contribution in [0.2, 0.25) is 0 Å². The van der Waals surface area contributed by atoms with Gasteiger partial charge in [0, 0.05) is 32.7 Å². The Morgan fingerprint density at radius 2 is 1.73 bits per heavy atom. The normalized spacial score (nSPS) is 24.0. The molecule has 0 saturated carbocycles. The SMILES string of the molecule is CCN1CCN(CC(C)(CO)NC)CC1. The van der Waals surface area contributed by atoms with Crippen molar-refractivity contribution in [2.24, 2.45) is 0 Å². The largest absolute Gasteiger partial charge is 0.394 e. The minimum Gasteiger partial charge on any atom is -0.394 e. The van der Waals surface area contributed by atoms with Crippen molar-refractivity contribution in [1.29, 1.82) is 0 Å². The molecule has 0 aromatic heterocycles. The van der Waals surface area contributed by atoms with E-state index >= 15 is 0 Å². The first-order valence-electron chi connectivity index (χ1n) is 5.88. The van der Waals surface area contributed by atoms with Crippen molar-refractivity contribution in [3.63, 3.8) is 0 Å². The number of hydrogen-bond acceptors (Lipinski definition) is 4. The van der Waals surface area contributed by atoms with Gasteiger partial charge < -0.3 is 15.3 Å². The molecule has 0 aromatic rings. The highest BCUT2D eigenvalue weighted by Gasteiger charge is 2.26. The van der Waals surface area contributed by atoms with Gasteiger partial charge in [0.05, 0.1) is 12.1 Å². The van der Waals surface area contributed by atoms with Gasteiger partial charge in [-0.2, -0.15) is 0 Å². The van der Waals surface area contributed by atoms with Gasteiger partial charge in [-0.15, -0.1) is 0 Å². The molecule has 4 nitrogen and oxygen atoms in total. The van der Waals surface area contributed by atoms with E-state index in [4.69, 9.17) is 0 Å². The van der Waals surface area contributed by atoms with E-state index in [2.05, 4.69) is 29.0 Å². The van der Waals surface area contributed by atoms with E-state index in [1.54, 1.807) is 0 Å². The van der Waals surface area contributed by atoms with Gasteiger partial charge in [0.2, 0.25) is 0 Å². The van der Waals surface area contributed by atoms with Crippen LogP contribution in [0.1, 0.15) is 13.8 Å². The van der Waals surface area contributed by atoms with Gasteiger partial charge in [0.15, 0.2) is 0 Å². The van der Waals surface area contributed by atoms with Gasteiger partial charge in [-0.1, -0.05) is 6.92 Å². The van der Waals surface area contributed by atoms with E-state index in [1.807, 2.05) is 7.05 Å². The van der Waals surface area contributed by atoms with Crippen LogP contribution in [0.25, 0.3) is 0 Å². The molecular weight excluding hydrogens is 190 g/mol. The summed E-state index contributed by atoms with van der Waals surface area (Å²) in [4.78, 5) is 4.89. The number of hydrogen-bond donors (Lipinski definition) is 2. The maximum atomic E-state index is 9.31. The summed E-state index contributed by atoms with van der Waals surface area (Å²) in [6, 6.07) is 0. The molecule has 1 fully saturated rings. The van der Waals surface area contributed by atoms with Crippen LogP contribution in [0.4, 0.5) is 0 Å². The molecule has 0 aliphatic carbocycles. The standard InChI is InChI=1S/C11H25N3O/c1-4-13-5-7-14(8-6-13)9-11(2,10-15)12-3/h12,15H,4-10H2,1-3H3. The lowest BCUT2D eigenvalue weighted by Crippen LogP contribution is -2.56. The molecule has 90 valence electrons. The maximum absolute atomic E-state index is 9.31. The Balaban J connectivity index is 2.34. The fourth-order valence-electron chi connectivity index (χ4n) is 1.97. The van der Waals surface area contributed by atoms with Crippen LogP contribution >= 0.6 is 0 Å². The predicted molar refractivity (Wildman–Crippen MR) is 63.1 cm³/mol. The van der Waals surface area contributed by atoms with Gasteiger partial charge in [-0.3, -0.25) is 4.90 Å². The van der Waals surface area contributed by atoms with E-state index in [0.717, 1.165) is 39.3 Å². The Morgan fingerprint density at radius 1 is 1.20 bits per heavy atom. The fraction of sp³-hybridized carbons (Fsp3) is 1.00. The molecule has 1 heterocycles. The monoisotopic (exact) mass is 215 g/mol. The average Bonchev–Trinajstić information content (AvgIpc) is 2.30. The molecule has 0 amide bonds. The zero-order chi connectivity index (χ0) is 11.3. The first kappa shape index (κ1) is 12.9. The lowest BCUT2D eigenvalue weighted by molar-refractivity contribution is 0.0840. The molecule has 1 saturated heterocycles. The van der Waals surface area contributed by atoms with E-state index in [1.165, 1.54) is 0 Å². The molecule has 0 spiro atoms. The zero-order valence-corrected chi connectivity index (χ0v) is 10.3. The highest BCUT2D eigenvalue weighted by atomic mass is 16.3. The number of rotatable bonds is 5. The maximum Gasteiger partial charge on any atom is 0.0623 e. The predicted octanol–water partition coefficient (Wildman–Crippen LogP) is -0.406. The summed E-state index contributed by atoms with van der Waals surface area (Å²) in [6.45, 7) is 11.1. The van der Waals surface area contributed by atoms with Crippen LogP contribution in [0.3, 0.4) is 0 Å². The molecule has 0 aromatic carbocycles. The van der Waals surface area contributed by atoms with Crippen molar-refractivity contribution in [2.45, 2.75) is 19.4 Å². The fourth-order valence-corrected chi connectivity index (χ4v) is 1.97. The number of likely N-dealkylation sites (N-methyl/N-ethyl adjacent to an activating group) is 2. The van der Waals surface area contributed by atoms with Crippen LogP contribution < -0.4 is 5.32 Å². The van der Waals surface area contributed by atoms with Gasteiger partial charge >= 0.3 is 0 Å². The smallest absolute Gasteiger partial charge is 0.0623 e. The average molecular weight is 215 g/mol. The summed E-state index contributed by atoms with van der Waals surface area (Å²) in [6.07, 6.45) is 0. The van der Waals surface area contributed by atoms with Crippen LogP contribution in [-0.2, 0) is 0 Å². The zero-order valence-electron chi connectivity index (χ0n) is 10.3. The van der Waals surface area contributed by atoms with Gasteiger partial charge in [0.25, 0.3) is 0 Å². The molecule has 0 bridgehead atoms. The molecule has 0 radical (unpaired) electrons. The molecule has 1 aliphatic rings. The molecule has 1 unspecified atom stereocenters. The number of aliphatic hydroxyl groups is 1. The third-order valence-corrected chi connectivity index (χ3v) is 3.44. The Labute approximate surface area is 93.2 Å². The van der Waals surface area contributed by atoms with E-state index in [9.17, 15) is 5.11 Å². The van der Waals surface area contributed by atoms with E-state index < -0.39 is 0 Å². The van der Waals surface area contributed by atoms with Crippen LogP contribution in [0.15, 0.2) is 0 Å². The quantitative estimate of drug-likeness (QED) is 0.654. The first-order chi connectivity index (χ1) is 7.13. The summed E-state index contributed by atoms with van der Waals surface area (Å²) in [5.74, 6) is 0. The highest BCUT2D eigenvalue weighted by Crippen LogP contribution is 2.08. The van der Waals surface area contributed by atoms with Crippen molar-refractivity contribution < 1.29 is 5.11 Å². The van der Waals surface area contributed by atoms with Gasteiger partial charge in [0.1, 0.15) is 0 Å². The van der Waals surface area contributed by atoms with Crippen molar-refractivity contribution >= 4 is 0 Å². The molecular formula is C11H25N3O. The van der Waals surface area contributed by atoms with Crippen LogP contribution in [0.5, 0.6) is 0 Å². The Morgan fingerprint density at radius 3 is 2.13 bits per heavy atom. The number of piperazine rings is 1. The lowest BCUT2D eigenvalue weighted by Gasteiger charge is -2.39. The van der Waals surface area contributed by atoms with Gasteiger partial charge in [-0.25, -0.2) is 0 Å². The summed E-state index contributed by atoms with van der Waals surface area (Å²) in [7, 11) is 1.92. The third-order valence-electron chi connectivity index (χ3n) is 3.44. The molecule has 2 N–H and O–H groups in total. The van der Waals surface area contributed by atoms with E-state index in [-0.39, 0.29) is 12.1 Å². The number of nitrogens with one attached hydrogen (secondary N) is 1. The summed E-state index contributed by atoms with van der Waals surface area (Å²) >= 11 is 0. The summed E-state index contributed by atoms with van der Waals surface area (Å²) < 4.78 is 0. The number of aliphatic hydroxyl groups excluding tert-OH is 1. The van der Waals surface area contributed by atoms with Crippen LogP contribution in [0, 0.1) is 0 Å². The first-order valence-corrected chi connectivity index (χ1v) is 5.88. The topological polar surface area (TPSA) is 38.7 Å². The summed E-state index contributed by atoms with van der Waals surface area (Å²) in [5, 5.41) is 12.5. The van der Waals surface area contributed by atoms with Crippen molar-refractivity contribution in [2.75, 3.05) is 52.9 Å². The molecule has 1 aliphatic heterocycles. The highest BCUT2D eigenvalue weighted by molar-refractivity contribution is 4.86. The van der Waals surface area contributed by atoms with Crippen molar-refractivity contribution in [1.82, 2.24) is 15.1 Å². The number of nitrogens with zero attached hydrogens (tertiary/aromatic N) is 2. The Kier molecular flexibility index (Phi) is 4.99. The second-order valence-corrected chi connectivity index (χ2v) is 4.68. The second-order valence-electron chi connectivity index (χ2n) is 4.68. The molecule has 1 rings (SSSR count). The molecule has 1 atom stereocenters. The molecule has 4 heteroatoms. The van der Waals surface area contributed by atoms with Crippen molar-refractivity contribution in [3.05, 3.63) is 0 Å². The third kappa shape index (κ3) is 3.72. The summed E-state index contributed by atoms with van der Waals surface area (Å²) in [5.41, 5.74) is -0.158. The second kappa shape index (κ2) is 5.80. The lowest BCUT2D eigenvalue weighted by atomic mass is 10.0. The van der Waals surface area contributed by atoms with E-state index in [0.29, 0.717) is 0 Å².